The second kappa shape index (κ2) is 4.22. The first-order valence-corrected chi connectivity index (χ1v) is 5.62. The standard InChI is InChI=1S/C12H15ClO/c1-14-12-6-2-5-10-9(4-3-7-13)8-11(10)12/h2,5-6,9H,3-4,7-8H2,1H3. The number of fused-ring (bicyclic) bond motifs is 1. The van der Waals surface area contributed by atoms with Gasteiger partial charge in [-0.3, -0.25) is 0 Å². The number of benzene rings is 1. The Morgan fingerprint density at radius 2 is 2.36 bits per heavy atom. The Hall–Kier alpha value is -0.690. The Morgan fingerprint density at radius 1 is 1.50 bits per heavy atom. The maximum Gasteiger partial charge on any atom is 0.122 e. The summed E-state index contributed by atoms with van der Waals surface area (Å²) in [4.78, 5) is 0. The highest BCUT2D eigenvalue weighted by molar-refractivity contribution is 6.17. The molecule has 1 unspecified atom stereocenters. The lowest BCUT2D eigenvalue weighted by Gasteiger charge is -2.31. The summed E-state index contributed by atoms with van der Waals surface area (Å²) in [5.74, 6) is 2.54. The summed E-state index contributed by atoms with van der Waals surface area (Å²) in [5, 5.41) is 0. The van der Waals surface area contributed by atoms with E-state index in [0.717, 1.165) is 30.4 Å². The zero-order valence-electron chi connectivity index (χ0n) is 8.42. The van der Waals surface area contributed by atoms with Crippen LogP contribution in [0.5, 0.6) is 5.75 Å². The second-order valence-corrected chi connectivity index (χ2v) is 4.14. The first-order chi connectivity index (χ1) is 6.86. The van der Waals surface area contributed by atoms with Gasteiger partial charge in [-0.2, -0.15) is 0 Å². The number of rotatable bonds is 4. The summed E-state index contributed by atoms with van der Waals surface area (Å²) in [5.41, 5.74) is 2.86. The van der Waals surface area contributed by atoms with E-state index in [1.54, 1.807) is 7.11 Å². The van der Waals surface area contributed by atoms with Gasteiger partial charge in [-0.05, 0) is 42.4 Å². The molecular formula is C12H15ClO. The van der Waals surface area contributed by atoms with E-state index in [-0.39, 0.29) is 0 Å². The fraction of sp³-hybridized carbons (Fsp3) is 0.500. The first-order valence-electron chi connectivity index (χ1n) is 5.08. The highest BCUT2D eigenvalue weighted by atomic mass is 35.5. The van der Waals surface area contributed by atoms with Gasteiger partial charge in [0.15, 0.2) is 0 Å². The molecule has 1 aromatic rings. The van der Waals surface area contributed by atoms with Gasteiger partial charge in [-0.25, -0.2) is 0 Å². The molecule has 0 aromatic heterocycles. The molecule has 0 amide bonds. The molecule has 1 aromatic carbocycles. The van der Waals surface area contributed by atoms with Crippen LogP contribution in [0.2, 0.25) is 0 Å². The molecule has 1 aliphatic rings. The molecule has 0 saturated carbocycles. The molecule has 0 saturated heterocycles. The van der Waals surface area contributed by atoms with Crippen molar-refractivity contribution < 1.29 is 4.74 Å². The van der Waals surface area contributed by atoms with Crippen LogP contribution < -0.4 is 4.74 Å². The Labute approximate surface area is 90.0 Å². The summed E-state index contributed by atoms with van der Waals surface area (Å²) in [6.45, 7) is 0. The van der Waals surface area contributed by atoms with E-state index in [4.69, 9.17) is 16.3 Å². The van der Waals surface area contributed by atoms with Gasteiger partial charge >= 0.3 is 0 Å². The second-order valence-electron chi connectivity index (χ2n) is 3.76. The fourth-order valence-corrected chi connectivity index (χ4v) is 2.34. The van der Waals surface area contributed by atoms with Crippen LogP contribution >= 0.6 is 11.6 Å². The lowest BCUT2D eigenvalue weighted by molar-refractivity contribution is 0.397. The van der Waals surface area contributed by atoms with Crippen molar-refractivity contribution in [2.45, 2.75) is 25.2 Å². The SMILES string of the molecule is COc1cccc2c1CC2CCCCl. The molecule has 2 heteroatoms. The van der Waals surface area contributed by atoms with Gasteiger partial charge in [0.05, 0.1) is 7.11 Å². The van der Waals surface area contributed by atoms with E-state index in [0.29, 0.717) is 0 Å². The summed E-state index contributed by atoms with van der Waals surface area (Å²) in [6, 6.07) is 6.32. The number of ether oxygens (including phenoxy) is 1. The van der Waals surface area contributed by atoms with Gasteiger partial charge in [0.2, 0.25) is 0 Å². The molecule has 0 spiro atoms. The third-order valence-corrected chi connectivity index (χ3v) is 3.23. The van der Waals surface area contributed by atoms with Crippen LogP contribution in [0.15, 0.2) is 18.2 Å². The van der Waals surface area contributed by atoms with Crippen LogP contribution in [0.1, 0.15) is 29.9 Å². The molecule has 1 aliphatic carbocycles. The summed E-state index contributed by atoms with van der Waals surface area (Å²) in [7, 11) is 1.74. The average Bonchev–Trinajstić information content (AvgIpc) is 2.19. The lowest BCUT2D eigenvalue weighted by Crippen LogP contribution is -2.18. The maximum atomic E-state index is 5.69. The van der Waals surface area contributed by atoms with Gasteiger partial charge in [-0.1, -0.05) is 12.1 Å². The molecule has 1 atom stereocenters. The lowest BCUT2D eigenvalue weighted by atomic mass is 9.75. The summed E-state index contributed by atoms with van der Waals surface area (Å²) < 4.78 is 5.30. The molecule has 2 rings (SSSR count). The molecule has 76 valence electrons. The third kappa shape index (κ3) is 1.61. The van der Waals surface area contributed by atoms with Crippen molar-refractivity contribution in [2.24, 2.45) is 0 Å². The number of hydrogen-bond donors (Lipinski definition) is 0. The molecule has 0 N–H and O–H groups in total. The molecule has 0 fully saturated rings. The predicted molar refractivity (Wildman–Crippen MR) is 59.4 cm³/mol. The molecule has 0 radical (unpaired) electrons. The Kier molecular flexibility index (Phi) is 2.97. The smallest absolute Gasteiger partial charge is 0.122 e. The number of hydrogen-bond acceptors (Lipinski definition) is 1. The predicted octanol–water partition coefficient (Wildman–Crippen LogP) is 3.35. The molecule has 1 nitrogen and oxygen atoms in total. The van der Waals surface area contributed by atoms with Crippen LogP contribution in [-0.2, 0) is 6.42 Å². The quantitative estimate of drug-likeness (QED) is 0.693. The van der Waals surface area contributed by atoms with Crippen molar-refractivity contribution in [2.75, 3.05) is 13.0 Å². The van der Waals surface area contributed by atoms with Crippen LogP contribution in [-0.4, -0.2) is 13.0 Å². The highest BCUT2D eigenvalue weighted by Gasteiger charge is 2.27. The zero-order chi connectivity index (χ0) is 9.97. The van der Waals surface area contributed by atoms with Crippen LogP contribution in [0.25, 0.3) is 0 Å². The molecule has 0 heterocycles. The highest BCUT2D eigenvalue weighted by Crippen LogP contribution is 2.42. The van der Waals surface area contributed by atoms with E-state index >= 15 is 0 Å². The number of methoxy groups -OCH3 is 1. The van der Waals surface area contributed by atoms with Gasteiger partial charge in [-0.15, -0.1) is 11.6 Å². The summed E-state index contributed by atoms with van der Waals surface area (Å²) >= 11 is 5.69. The largest absolute Gasteiger partial charge is 0.496 e. The van der Waals surface area contributed by atoms with Gasteiger partial charge in [0.25, 0.3) is 0 Å². The normalized spacial score (nSPS) is 18.6. The van der Waals surface area contributed by atoms with E-state index < -0.39 is 0 Å². The van der Waals surface area contributed by atoms with Crippen molar-refractivity contribution in [3.8, 4) is 5.75 Å². The third-order valence-electron chi connectivity index (χ3n) is 2.97. The minimum atomic E-state index is 0.721. The molecule has 0 aliphatic heterocycles. The molecule has 0 bridgehead atoms. The minimum Gasteiger partial charge on any atom is -0.496 e. The maximum absolute atomic E-state index is 5.69. The zero-order valence-corrected chi connectivity index (χ0v) is 9.18. The number of alkyl halides is 1. The average molecular weight is 211 g/mol. The summed E-state index contributed by atoms with van der Waals surface area (Å²) in [6.07, 6.45) is 3.49. The Balaban J connectivity index is 2.10. The van der Waals surface area contributed by atoms with Crippen molar-refractivity contribution in [3.05, 3.63) is 29.3 Å². The number of halogens is 1. The Morgan fingerprint density at radius 3 is 3.07 bits per heavy atom. The van der Waals surface area contributed by atoms with E-state index in [1.165, 1.54) is 17.5 Å². The van der Waals surface area contributed by atoms with E-state index in [9.17, 15) is 0 Å². The van der Waals surface area contributed by atoms with Crippen molar-refractivity contribution >= 4 is 11.6 Å². The Bertz CT molecular complexity index is 322. The van der Waals surface area contributed by atoms with Gasteiger partial charge in [0, 0.05) is 5.88 Å². The van der Waals surface area contributed by atoms with Crippen molar-refractivity contribution in [1.82, 2.24) is 0 Å². The van der Waals surface area contributed by atoms with Crippen LogP contribution in [0.4, 0.5) is 0 Å². The van der Waals surface area contributed by atoms with Crippen molar-refractivity contribution in [1.29, 1.82) is 0 Å². The van der Waals surface area contributed by atoms with Crippen molar-refractivity contribution in [3.63, 3.8) is 0 Å². The molecular weight excluding hydrogens is 196 g/mol. The van der Waals surface area contributed by atoms with Gasteiger partial charge in [0.1, 0.15) is 5.75 Å². The van der Waals surface area contributed by atoms with Crippen LogP contribution in [0, 0.1) is 0 Å². The minimum absolute atomic E-state index is 0.721. The monoisotopic (exact) mass is 210 g/mol. The van der Waals surface area contributed by atoms with Gasteiger partial charge < -0.3 is 4.74 Å². The molecule has 14 heavy (non-hydrogen) atoms. The topological polar surface area (TPSA) is 9.23 Å². The fourth-order valence-electron chi connectivity index (χ4n) is 2.18. The van der Waals surface area contributed by atoms with Crippen LogP contribution in [0.3, 0.4) is 0 Å². The van der Waals surface area contributed by atoms with E-state index in [2.05, 4.69) is 12.1 Å². The van der Waals surface area contributed by atoms with E-state index in [1.807, 2.05) is 6.07 Å². The first kappa shape index (κ1) is 9.85.